The normalized spacial score (nSPS) is 13.8. The van der Waals surface area contributed by atoms with E-state index in [4.69, 9.17) is 4.74 Å². The van der Waals surface area contributed by atoms with Crippen molar-refractivity contribution in [2.45, 2.75) is 25.2 Å². The first kappa shape index (κ1) is 23.2. The number of aromatic nitrogens is 7. The Morgan fingerprint density at radius 1 is 0.944 bits per heavy atom. The summed E-state index contributed by atoms with van der Waals surface area (Å²) in [6.45, 7) is 1.40. The number of benzene rings is 2. The molecular formula is C25H21F2N7O2. The molecule has 2 atom stereocenters. The van der Waals surface area contributed by atoms with Crippen LogP contribution in [0.15, 0.2) is 86.1 Å². The van der Waals surface area contributed by atoms with Crippen LogP contribution in [-0.2, 0) is 12.1 Å². The molecule has 0 unspecified atom stereocenters. The van der Waals surface area contributed by atoms with Crippen LogP contribution >= 0.6 is 0 Å². The lowest BCUT2D eigenvalue weighted by molar-refractivity contribution is -0.0773. The van der Waals surface area contributed by atoms with Gasteiger partial charge in [-0.1, -0.05) is 18.2 Å². The van der Waals surface area contributed by atoms with Crippen molar-refractivity contribution in [3.05, 3.63) is 103 Å². The maximum Gasteiger partial charge on any atom is 0.214 e. The Morgan fingerprint density at radius 3 is 2.42 bits per heavy atom. The number of pyridine rings is 1. The van der Waals surface area contributed by atoms with E-state index in [1.807, 2.05) is 30.3 Å². The van der Waals surface area contributed by atoms with Gasteiger partial charge < -0.3 is 9.84 Å². The minimum Gasteiger partial charge on any atom is -0.471 e. The van der Waals surface area contributed by atoms with Gasteiger partial charge in [0.1, 0.15) is 48.6 Å². The standard InChI is InChI=1S/C25H21F2N7O2/c1-17(25(35,12-33-15-28-13-31-33)22-7-4-20(26)11-23(22)27)36-24-10-19(8-9-30-24)18-2-5-21(6-3-18)34-16-29-14-32-34/h2-11,13-17,35H,12H2,1H3/t17-,25-/m1/s1. The molecule has 0 saturated heterocycles. The van der Waals surface area contributed by atoms with E-state index >= 15 is 0 Å². The third kappa shape index (κ3) is 4.68. The zero-order valence-electron chi connectivity index (χ0n) is 19.1. The molecule has 3 heterocycles. The fraction of sp³-hybridized carbons (Fsp3) is 0.160. The topological polar surface area (TPSA) is 104 Å². The van der Waals surface area contributed by atoms with Crippen LogP contribution in [0.4, 0.5) is 8.78 Å². The highest BCUT2D eigenvalue weighted by atomic mass is 19.1. The Labute approximate surface area is 204 Å². The van der Waals surface area contributed by atoms with Crippen LogP contribution in [0.2, 0.25) is 0 Å². The van der Waals surface area contributed by atoms with Crippen molar-refractivity contribution in [3.8, 4) is 22.7 Å². The summed E-state index contributed by atoms with van der Waals surface area (Å²) in [6.07, 6.45) is 6.34. The lowest BCUT2D eigenvalue weighted by atomic mass is 9.88. The molecule has 1 N–H and O–H groups in total. The van der Waals surface area contributed by atoms with Crippen molar-refractivity contribution in [1.29, 1.82) is 0 Å². The monoisotopic (exact) mass is 489 g/mol. The summed E-state index contributed by atoms with van der Waals surface area (Å²) in [7, 11) is 0. The van der Waals surface area contributed by atoms with Gasteiger partial charge in [0.25, 0.3) is 0 Å². The number of hydrogen-bond acceptors (Lipinski definition) is 7. The van der Waals surface area contributed by atoms with E-state index in [1.165, 1.54) is 29.7 Å². The molecule has 3 aromatic heterocycles. The molecule has 0 aliphatic carbocycles. The zero-order valence-corrected chi connectivity index (χ0v) is 19.1. The first-order chi connectivity index (χ1) is 17.4. The molecule has 0 spiro atoms. The summed E-state index contributed by atoms with van der Waals surface area (Å²) in [5.74, 6) is -1.43. The highest BCUT2D eigenvalue weighted by Crippen LogP contribution is 2.33. The molecule has 2 aromatic carbocycles. The van der Waals surface area contributed by atoms with Crippen LogP contribution in [0.5, 0.6) is 5.88 Å². The highest BCUT2D eigenvalue weighted by molar-refractivity contribution is 5.65. The molecule has 5 aromatic rings. The van der Waals surface area contributed by atoms with Gasteiger partial charge in [-0.3, -0.25) is 0 Å². The van der Waals surface area contributed by atoms with Gasteiger partial charge in [-0.15, -0.1) is 0 Å². The summed E-state index contributed by atoms with van der Waals surface area (Å²) in [5, 5.41) is 19.8. The molecule has 0 radical (unpaired) electrons. The molecule has 0 bridgehead atoms. The summed E-state index contributed by atoms with van der Waals surface area (Å²) in [4.78, 5) is 12.1. The molecule has 0 amide bonds. The van der Waals surface area contributed by atoms with E-state index in [0.29, 0.717) is 0 Å². The number of ether oxygens (including phenoxy) is 1. The molecule has 9 nitrogen and oxygen atoms in total. The Morgan fingerprint density at radius 2 is 1.72 bits per heavy atom. The van der Waals surface area contributed by atoms with Crippen molar-refractivity contribution in [2.24, 2.45) is 0 Å². The quantitative estimate of drug-likeness (QED) is 0.356. The largest absolute Gasteiger partial charge is 0.471 e. The van der Waals surface area contributed by atoms with Crippen LogP contribution in [0.1, 0.15) is 12.5 Å². The smallest absolute Gasteiger partial charge is 0.214 e. The SMILES string of the molecule is C[C@@H](Oc1cc(-c2ccc(-n3cncn3)cc2)ccn1)[C@](O)(Cn1cncn1)c1ccc(F)cc1F. The lowest BCUT2D eigenvalue weighted by Crippen LogP contribution is -2.45. The minimum absolute atomic E-state index is 0.133. The summed E-state index contributed by atoms with van der Waals surface area (Å²) in [6, 6.07) is 14.2. The highest BCUT2D eigenvalue weighted by Gasteiger charge is 2.41. The van der Waals surface area contributed by atoms with Gasteiger partial charge in [0, 0.05) is 23.9 Å². The van der Waals surface area contributed by atoms with Crippen molar-refractivity contribution in [3.63, 3.8) is 0 Å². The van der Waals surface area contributed by atoms with Gasteiger partial charge in [-0.25, -0.2) is 33.1 Å². The Kier molecular flexibility index (Phi) is 6.21. The predicted octanol–water partition coefficient (Wildman–Crippen LogP) is 3.55. The molecule has 0 saturated carbocycles. The van der Waals surface area contributed by atoms with Crippen molar-refractivity contribution < 1.29 is 18.6 Å². The lowest BCUT2D eigenvalue weighted by Gasteiger charge is -2.34. The van der Waals surface area contributed by atoms with Gasteiger partial charge in [0.05, 0.1) is 12.2 Å². The van der Waals surface area contributed by atoms with E-state index in [9.17, 15) is 13.9 Å². The van der Waals surface area contributed by atoms with Crippen LogP contribution in [0.3, 0.4) is 0 Å². The number of halogens is 2. The van der Waals surface area contributed by atoms with Crippen LogP contribution < -0.4 is 4.74 Å². The van der Waals surface area contributed by atoms with Gasteiger partial charge >= 0.3 is 0 Å². The first-order valence-corrected chi connectivity index (χ1v) is 11.0. The second kappa shape index (κ2) is 9.62. The van der Waals surface area contributed by atoms with E-state index < -0.39 is 23.3 Å². The second-order valence-electron chi connectivity index (χ2n) is 8.17. The van der Waals surface area contributed by atoms with E-state index in [0.717, 1.165) is 28.9 Å². The number of hydrogen-bond donors (Lipinski definition) is 1. The Balaban J connectivity index is 1.42. The number of rotatable bonds is 8. The Bertz CT molecular complexity index is 1440. The summed E-state index contributed by atoms with van der Waals surface area (Å²) < 4.78 is 37.3. The van der Waals surface area contributed by atoms with Gasteiger partial charge in [-0.05, 0) is 42.3 Å². The molecule has 0 fully saturated rings. The average Bonchev–Trinajstić information content (AvgIpc) is 3.59. The third-order valence-electron chi connectivity index (χ3n) is 5.86. The molecule has 0 aliphatic rings. The number of nitrogens with zero attached hydrogens (tertiary/aromatic N) is 7. The van der Waals surface area contributed by atoms with Crippen LogP contribution in [-0.4, -0.2) is 45.7 Å². The predicted molar refractivity (Wildman–Crippen MR) is 125 cm³/mol. The molecule has 0 aliphatic heterocycles. The van der Waals surface area contributed by atoms with Gasteiger partial charge in [0.15, 0.2) is 0 Å². The Hall–Kier alpha value is -4.51. The molecule has 182 valence electrons. The third-order valence-corrected chi connectivity index (χ3v) is 5.86. The van der Waals surface area contributed by atoms with Gasteiger partial charge in [-0.2, -0.15) is 10.2 Å². The van der Waals surface area contributed by atoms with E-state index in [-0.39, 0.29) is 18.0 Å². The number of aliphatic hydroxyl groups is 1. The fourth-order valence-corrected chi connectivity index (χ4v) is 3.91. The van der Waals surface area contributed by atoms with Crippen LogP contribution in [0, 0.1) is 11.6 Å². The summed E-state index contributed by atoms with van der Waals surface area (Å²) >= 11 is 0. The summed E-state index contributed by atoms with van der Waals surface area (Å²) in [5.41, 5.74) is 0.538. The van der Waals surface area contributed by atoms with Crippen molar-refractivity contribution >= 4 is 0 Å². The molecule has 11 heteroatoms. The molecule has 36 heavy (non-hydrogen) atoms. The minimum atomic E-state index is -1.91. The first-order valence-electron chi connectivity index (χ1n) is 11.0. The van der Waals surface area contributed by atoms with Gasteiger partial charge in [0.2, 0.25) is 5.88 Å². The maximum absolute atomic E-state index is 14.8. The van der Waals surface area contributed by atoms with Crippen molar-refractivity contribution in [2.75, 3.05) is 0 Å². The maximum atomic E-state index is 14.8. The van der Waals surface area contributed by atoms with E-state index in [1.54, 1.807) is 30.2 Å². The average molecular weight is 489 g/mol. The van der Waals surface area contributed by atoms with E-state index in [2.05, 4.69) is 25.1 Å². The van der Waals surface area contributed by atoms with Crippen molar-refractivity contribution in [1.82, 2.24) is 34.5 Å². The molecule has 5 rings (SSSR count). The second-order valence-corrected chi connectivity index (χ2v) is 8.17. The fourth-order valence-electron chi connectivity index (χ4n) is 3.91. The van der Waals surface area contributed by atoms with Crippen LogP contribution in [0.25, 0.3) is 16.8 Å². The molecular weight excluding hydrogens is 468 g/mol. The zero-order chi connectivity index (χ0) is 25.1.